The highest BCUT2D eigenvalue weighted by Crippen LogP contribution is 2.21. The van der Waals surface area contributed by atoms with Crippen molar-refractivity contribution >= 4 is 35.2 Å². The molecule has 0 aliphatic carbocycles. The van der Waals surface area contributed by atoms with Crippen LogP contribution in [0.15, 0.2) is 42.6 Å². The van der Waals surface area contributed by atoms with E-state index in [1.807, 2.05) is 50.2 Å². The number of hydrogen-bond donors (Lipinski definition) is 4. The molecule has 14 heteroatoms. The first kappa shape index (κ1) is 33.7. The van der Waals surface area contributed by atoms with Crippen molar-refractivity contribution in [2.24, 2.45) is 5.92 Å². The van der Waals surface area contributed by atoms with E-state index in [2.05, 4.69) is 40.6 Å². The second kappa shape index (κ2) is 16.2. The van der Waals surface area contributed by atoms with Crippen molar-refractivity contribution in [1.82, 2.24) is 45.3 Å². The minimum atomic E-state index is -0.924. The summed E-state index contributed by atoms with van der Waals surface area (Å²) in [6.07, 6.45) is 2.78. The number of aryl methyl sites for hydroxylation is 1. The fraction of sp³-hybridized carbons (Fsp3) is 0.516. The third-order valence-electron chi connectivity index (χ3n) is 7.53. The molecule has 242 valence electrons. The summed E-state index contributed by atoms with van der Waals surface area (Å²) < 4.78 is 5.71. The first-order chi connectivity index (χ1) is 21.6. The zero-order valence-corrected chi connectivity index (χ0v) is 27.1. The molecule has 2 aromatic heterocycles. The number of aromatic nitrogens is 4. The normalized spacial score (nSPS) is 21.8. The highest BCUT2D eigenvalue weighted by atomic mass is 32.1. The Morgan fingerprint density at radius 3 is 2.47 bits per heavy atom. The molecule has 0 fully saturated rings. The van der Waals surface area contributed by atoms with Crippen LogP contribution in [0.2, 0.25) is 0 Å². The van der Waals surface area contributed by atoms with E-state index in [0.29, 0.717) is 44.2 Å². The molecule has 1 aliphatic rings. The Morgan fingerprint density at radius 1 is 0.978 bits per heavy atom. The monoisotopic (exact) mass is 637 g/mol. The van der Waals surface area contributed by atoms with E-state index < -0.39 is 29.9 Å². The number of benzene rings is 1. The van der Waals surface area contributed by atoms with Crippen molar-refractivity contribution in [3.63, 3.8) is 0 Å². The van der Waals surface area contributed by atoms with Crippen LogP contribution >= 0.6 is 11.5 Å². The fourth-order valence-corrected chi connectivity index (χ4v) is 5.78. The van der Waals surface area contributed by atoms with Gasteiger partial charge in [0, 0.05) is 43.5 Å². The van der Waals surface area contributed by atoms with Crippen LogP contribution in [0.5, 0.6) is 0 Å². The Morgan fingerprint density at radius 2 is 1.76 bits per heavy atom. The maximum Gasteiger partial charge on any atom is 0.243 e. The van der Waals surface area contributed by atoms with Gasteiger partial charge in [0.2, 0.25) is 23.6 Å². The van der Waals surface area contributed by atoms with Gasteiger partial charge in [0.15, 0.2) is 5.82 Å². The van der Waals surface area contributed by atoms with Gasteiger partial charge in [0.1, 0.15) is 24.5 Å². The molecule has 0 bridgehead atoms. The first-order valence-electron chi connectivity index (χ1n) is 15.3. The van der Waals surface area contributed by atoms with Crippen LogP contribution in [0.3, 0.4) is 0 Å². The number of nitrogens with one attached hydrogen (secondary N) is 4. The van der Waals surface area contributed by atoms with E-state index in [1.165, 1.54) is 16.2 Å². The predicted molar refractivity (Wildman–Crippen MR) is 170 cm³/mol. The molecule has 0 unspecified atom stereocenters. The molecule has 4 N–H and O–H groups in total. The summed E-state index contributed by atoms with van der Waals surface area (Å²) in [6.45, 7) is 9.40. The lowest BCUT2D eigenvalue weighted by Gasteiger charge is -2.27. The van der Waals surface area contributed by atoms with E-state index in [9.17, 15) is 19.2 Å². The van der Waals surface area contributed by atoms with E-state index in [-0.39, 0.29) is 37.1 Å². The highest BCUT2D eigenvalue weighted by molar-refractivity contribution is 7.05. The Kier molecular flexibility index (Phi) is 12.2. The van der Waals surface area contributed by atoms with E-state index in [4.69, 9.17) is 0 Å². The molecular formula is C31H43N9O4S. The maximum atomic E-state index is 13.8. The molecule has 1 aromatic carbocycles. The highest BCUT2D eigenvalue weighted by Gasteiger charge is 2.30. The average Bonchev–Trinajstić information content (AvgIpc) is 3.64. The Hall–Kier alpha value is -4.17. The minimum absolute atomic E-state index is 0.0635. The molecule has 3 atom stereocenters. The van der Waals surface area contributed by atoms with Gasteiger partial charge in [-0.1, -0.05) is 44.2 Å². The van der Waals surface area contributed by atoms with Crippen LogP contribution in [0, 0.1) is 12.8 Å². The average molecular weight is 638 g/mol. The molecule has 0 saturated carbocycles. The van der Waals surface area contributed by atoms with Crippen molar-refractivity contribution in [3.8, 4) is 0 Å². The van der Waals surface area contributed by atoms with Gasteiger partial charge >= 0.3 is 0 Å². The van der Waals surface area contributed by atoms with Gasteiger partial charge < -0.3 is 21.3 Å². The van der Waals surface area contributed by atoms with E-state index in [0.717, 1.165) is 10.4 Å². The van der Waals surface area contributed by atoms with Crippen LogP contribution in [0.4, 0.5) is 0 Å². The topological polar surface area (TPSA) is 163 Å². The van der Waals surface area contributed by atoms with Gasteiger partial charge in [0.25, 0.3) is 0 Å². The Labute approximate surface area is 267 Å². The zero-order valence-electron chi connectivity index (χ0n) is 26.3. The van der Waals surface area contributed by atoms with Crippen LogP contribution < -0.4 is 21.3 Å². The Bertz CT molecular complexity index is 1430. The second-order valence-corrected chi connectivity index (χ2v) is 12.6. The number of rotatable bonds is 5. The van der Waals surface area contributed by atoms with Crippen LogP contribution in [0.25, 0.3) is 0 Å². The number of carbonyl (C=O) groups is 4. The fourth-order valence-electron chi connectivity index (χ4n) is 5.16. The van der Waals surface area contributed by atoms with Crippen molar-refractivity contribution in [2.75, 3.05) is 19.6 Å². The summed E-state index contributed by atoms with van der Waals surface area (Å²) in [7, 11) is 0. The molecule has 3 heterocycles. The van der Waals surface area contributed by atoms with Gasteiger partial charge in [-0.3, -0.25) is 24.1 Å². The van der Waals surface area contributed by atoms with Crippen molar-refractivity contribution in [1.29, 1.82) is 0 Å². The first-order valence-corrected chi connectivity index (χ1v) is 16.1. The van der Waals surface area contributed by atoms with Gasteiger partial charge in [-0.05, 0) is 55.9 Å². The number of carbonyl (C=O) groups excluding carboxylic acids is 4. The van der Waals surface area contributed by atoms with Crippen LogP contribution in [0.1, 0.15) is 61.7 Å². The number of nitrogens with zero attached hydrogens (tertiary/aromatic N) is 5. The molecule has 4 amide bonds. The minimum Gasteiger partial charge on any atom is -0.353 e. The second-order valence-electron chi connectivity index (χ2n) is 11.7. The largest absolute Gasteiger partial charge is 0.353 e. The number of amides is 4. The molecule has 1 aliphatic heterocycles. The molecule has 13 nitrogen and oxygen atoms in total. The predicted octanol–water partition coefficient (Wildman–Crippen LogP) is 1.50. The molecule has 0 saturated heterocycles. The SMILES string of the molecule is Cc1nc2n(n1)CC(=O)NCCN(Cc1ccns1)CCCC(=O)N[C@@H](C)C(=O)N[C@H](Cc1ccccc1)C(=O)N[C@H]2C(C)C. The van der Waals surface area contributed by atoms with Gasteiger partial charge in [-0.2, -0.15) is 5.10 Å². The summed E-state index contributed by atoms with van der Waals surface area (Å²) in [6, 6.07) is 9.00. The Balaban J connectivity index is 1.60. The number of fused-ring (bicyclic) bond motifs is 1. The molecular weight excluding hydrogens is 594 g/mol. The third kappa shape index (κ3) is 10.2. The smallest absolute Gasteiger partial charge is 0.243 e. The summed E-state index contributed by atoms with van der Waals surface area (Å²) in [5.41, 5.74) is 0.865. The van der Waals surface area contributed by atoms with Crippen molar-refractivity contribution in [2.45, 2.75) is 78.2 Å². The summed E-state index contributed by atoms with van der Waals surface area (Å²) >= 11 is 1.41. The van der Waals surface area contributed by atoms with E-state index >= 15 is 0 Å². The standard InChI is InChI=1S/C31H43N9O4S/c1-20(2)28-29-35-22(4)38-40(29)19-27(42)32-14-16-39(18-24-12-13-33-45-24)15-8-11-26(41)34-21(3)30(43)36-25(31(44)37-28)17-23-9-6-5-7-10-23/h5-7,9-10,12-13,20-21,25,28H,8,11,14-19H2,1-4H3,(H,32,42)(H,34,41)(H,36,43)(H,37,44)/t21-,25+,28-/m0/s1. The molecule has 3 aromatic rings. The molecule has 0 radical (unpaired) electrons. The lowest BCUT2D eigenvalue weighted by molar-refractivity contribution is -0.132. The lowest BCUT2D eigenvalue weighted by Crippen LogP contribution is -2.54. The summed E-state index contributed by atoms with van der Waals surface area (Å²) in [5, 5.41) is 16.1. The van der Waals surface area contributed by atoms with Crippen LogP contribution in [-0.2, 0) is 38.7 Å². The van der Waals surface area contributed by atoms with E-state index in [1.54, 1.807) is 20.0 Å². The quantitative estimate of drug-likeness (QED) is 0.327. The molecule has 0 spiro atoms. The van der Waals surface area contributed by atoms with Crippen molar-refractivity contribution in [3.05, 3.63) is 64.7 Å². The number of hydrogen-bond acceptors (Lipinski definition) is 9. The van der Waals surface area contributed by atoms with Gasteiger partial charge in [-0.15, -0.1) is 0 Å². The van der Waals surface area contributed by atoms with Crippen molar-refractivity contribution < 1.29 is 19.2 Å². The zero-order chi connectivity index (χ0) is 32.3. The molecule has 45 heavy (non-hydrogen) atoms. The summed E-state index contributed by atoms with van der Waals surface area (Å²) in [4.78, 5) is 60.7. The maximum absolute atomic E-state index is 13.8. The molecule has 4 rings (SSSR count). The third-order valence-corrected chi connectivity index (χ3v) is 8.25. The van der Waals surface area contributed by atoms with Crippen LogP contribution in [-0.4, -0.2) is 79.4 Å². The summed E-state index contributed by atoms with van der Waals surface area (Å²) in [5.74, 6) is -0.526. The van der Waals surface area contributed by atoms with Gasteiger partial charge in [0.05, 0.1) is 6.04 Å². The lowest BCUT2D eigenvalue weighted by atomic mass is 10.0. The van der Waals surface area contributed by atoms with Gasteiger partial charge in [-0.25, -0.2) is 14.0 Å².